The first-order valence-corrected chi connectivity index (χ1v) is 15.8. The van der Waals surface area contributed by atoms with Crippen LogP contribution in [0.2, 0.25) is 5.02 Å². The van der Waals surface area contributed by atoms with Crippen LogP contribution in [0, 0.1) is 46.3 Å². The SMILES string of the molecule is CC(C)CCC[C@@H](C)[C@H]1CC[C@H]2[C@@H]3CC=C4C[C@@H](OC(=O)Oc5cccc(Cl)c5)CC[C@]4(C)[C@H]3CC[C@]12C. The molecule has 0 unspecified atom stereocenters. The van der Waals surface area contributed by atoms with E-state index in [4.69, 9.17) is 21.1 Å². The Morgan fingerprint density at radius 3 is 2.63 bits per heavy atom. The molecule has 0 aromatic heterocycles. The summed E-state index contributed by atoms with van der Waals surface area (Å²) in [5.74, 6) is 5.46. The maximum atomic E-state index is 12.5. The first-order chi connectivity index (χ1) is 18.1. The maximum Gasteiger partial charge on any atom is 0.514 e. The van der Waals surface area contributed by atoms with Gasteiger partial charge in [-0.05, 0) is 109 Å². The van der Waals surface area contributed by atoms with E-state index in [9.17, 15) is 4.79 Å². The Labute approximate surface area is 236 Å². The Bertz CT molecular complexity index is 1030. The largest absolute Gasteiger partial charge is 0.514 e. The van der Waals surface area contributed by atoms with E-state index in [0.29, 0.717) is 16.2 Å². The van der Waals surface area contributed by atoms with Gasteiger partial charge in [-0.25, -0.2) is 4.79 Å². The average Bonchev–Trinajstić information content (AvgIpc) is 3.21. The minimum atomic E-state index is -0.622. The van der Waals surface area contributed by atoms with E-state index in [1.165, 1.54) is 56.9 Å². The van der Waals surface area contributed by atoms with E-state index in [0.717, 1.165) is 54.8 Å². The Morgan fingerprint density at radius 1 is 1.05 bits per heavy atom. The van der Waals surface area contributed by atoms with Gasteiger partial charge in [0.1, 0.15) is 11.9 Å². The molecule has 4 aliphatic carbocycles. The number of hydrogen-bond donors (Lipinski definition) is 0. The fourth-order valence-corrected chi connectivity index (χ4v) is 9.72. The maximum absolute atomic E-state index is 12.5. The van der Waals surface area contributed by atoms with E-state index in [-0.39, 0.29) is 11.5 Å². The number of hydrogen-bond acceptors (Lipinski definition) is 3. The van der Waals surface area contributed by atoms with Gasteiger partial charge in [-0.3, -0.25) is 0 Å². The molecule has 1 aromatic rings. The second-order valence-corrected chi connectivity index (χ2v) is 14.5. The Hall–Kier alpha value is -1.48. The van der Waals surface area contributed by atoms with Crippen molar-refractivity contribution in [1.82, 2.24) is 0 Å². The lowest BCUT2D eigenvalue weighted by atomic mass is 9.47. The van der Waals surface area contributed by atoms with Crippen LogP contribution >= 0.6 is 11.6 Å². The first-order valence-electron chi connectivity index (χ1n) is 15.4. The standard InChI is InChI=1S/C34H49ClO3/c1-22(2)8-6-9-23(3)29-14-15-30-28-13-12-24-20-27(38-32(36)37-26-11-7-10-25(35)21-26)16-18-33(24,4)31(28)17-19-34(29,30)5/h7,10-12,21-23,27-31H,6,8-9,13-20H2,1-5H3/t23-,27+,28+,29-,30+,31+,33+,34-/m1/s1. The summed E-state index contributed by atoms with van der Waals surface area (Å²) in [6.45, 7) is 12.5. The molecule has 0 bridgehead atoms. The molecule has 3 fully saturated rings. The number of ether oxygens (including phenoxy) is 2. The van der Waals surface area contributed by atoms with E-state index < -0.39 is 6.16 Å². The van der Waals surface area contributed by atoms with Gasteiger partial charge in [-0.1, -0.05) is 83.2 Å². The Balaban J connectivity index is 1.22. The van der Waals surface area contributed by atoms with Crippen LogP contribution in [0.3, 0.4) is 0 Å². The van der Waals surface area contributed by atoms with E-state index in [1.807, 2.05) is 0 Å². The monoisotopic (exact) mass is 540 g/mol. The summed E-state index contributed by atoms with van der Waals surface area (Å²) >= 11 is 6.02. The van der Waals surface area contributed by atoms with Crippen molar-refractivity contribution < 1.29 is 14.3 Å². The van der Waals surface area contributed by atoms with Crippen molar-refractivity contribution in [2.24, 2.45) is 46.3 Å². The molecule has 3 nitrogen and oxygen atoms in total. The highest BCUT2D eigenvalue weighted by Crippen LogP contribution is 2.67. The molecule has 0 saturated heterocycles. The normalized spacial score (nSPS) is 37.0. The van der Waals surface area contributed by atoms with Crippen LogP contribution in [0.1, 0.15) is 105 Å². The molecule has 0 aliphatic heterocycles. The number of allylic oxidation sites excluding steroid dienone is 1. The van der Waals surface area contributed by atoms with Crippen molar-refractivity contribution in [2.45, 2.75) is 111 Å². The molecule has 8 atom stereocenters. The summed E-state index contributed by atoms with van der Waals surface area (Å²) in [7, 11) is 0. The number of benzene rings is 1. The summed E-state index contributed by atoms with van der Waals surface area (Å²) in [5.41, 5.74) is 2.30. The first kappa shape index (κ1) is 28.1. The number of carbonyl (C=O) groups excluding carboxylic acids is 1. The lowest BCUT2D eigenvalue weighted by molar-refractivity contribution is -0.0597. The zero-order valence-electron chi connectivity index (χ0n) is 24.3. The molecule has 0 spiro atoms. The van der Waals surface area contributed by atoms with Gasteiger partial charge in [0, 0.05) is 11.4 Å². The van der Waals surface area contributed by atoms with Gasteiger partial charge in [0.25, 0.3) is 0 Å². The molecule has 4 aliphatic rings. The molecule has 5 rings (SSSR count). The smallest absolute Gasteiger partial charge is 0.430 e. The fourth-order valence-electron chi connectivity index (χ4n) is 9.54. The molecule has 3 saturated carbocycles. The minimum absolute atomic E-state index is 0.103. The third-order valence-corrected chi connectivity index (χ3v) is 11.8. The molecule has 0 heterocycles. The number of halogens is 1. The summed E-state index contributed by atoms with van der Waals surface area (Å²) in [6.07, 6.45) is 15.7. The lowest BCUT2D eigenvalue weighted by Crippen LogP contribution is -2.51. The molecular weight excluding hydrogens is 492 g/mol. The molecule has 0 radical (unpaired) electrons. The fraction of sp³-hybridized carbons (Fsp3) is 0.735. The molecule has 1 aromatic carbocycles. The van der Waals surface area contributed by atoms with Crippen molar-refractivity contribution >= 4 is 17.8 Å². The number of fused-ring (bicyclic) bond motifs is 5. The zero-order valence-corrected chi connectivity index (χ0v) is 25.1. The van der Waals surface area contributed by atoms with E-state index in [1.54, 1.807) is 24.3 Å². The van der Waals surface area contributed by atoms with Crippen LogP contribution < -0.4 is 4.74 Å². The van der Waals surface area contributed by atoms with Crippen molar-refractivity contribution in [1.29, 1.82) is 0 Å². The second-order valence-electron chi connectivity index (χ2n) is 14.1. The van der Waals surface area contributed by atoms with Crippen molar-refractivity contribution in [2.75, 3.05) is 0 Å². The quantitative estimate of drug-likeness (QED) is 0.196. The molecule has 210 valence electrons. The predicted octanol–water partition coefficient (Wildman–Crippen LogP) is 10.3. The highest BCUT2D eigenvalue weighted by molar-refractivity contribution is 6.30. The van der Waals surface area contributed by atoms with Gasteiger partial charge in [-0.2, -0.15) is 0 Å². The summed E-state index contributed by atoms with van der Waals surface area (Å²) in [4.78, 5) is 12.5. The summed E-state index contributed by atoms with van der Waals surface area (Å²) < 4.78 is 11.2. The zero-order chi connectivity index (χ0) is 27.1. The lowest BCUT2D eigenvalue weighted by Gasteiger charge is -2.58. The summed E-state index contributed by atoms with van der Waals surface area (Å²) in [6, 6.07) is 6.90. The van der Waals surface area contributed by atoms with Crippen LogP contribution in [-0.4, -0.2) is 12.3 Å². The number of rotatable bonds is 7. The number of carbonyl (C=O) groups is 1. The van der Waals surface area contributed by atoms with Crippen LogP contribution in [0.25, 0.3) is 0 Å². The molecule has 4 heteroatoms. The van der Waals surface area contributed by atoms with Crippen LogP contribution in [0.5, 0.6) is 5.75 Å². The van der Waals surface area contributed by atoms with E-state index >= 15 is 0 Å². The van der Waals surface area contributed by atoms with Gasteiger partial charge in [0.2, 0.25) is 0 Å². The van der Waals surface area contributed by atoms with Crippen molar-refractivity contribution in [3.63, 3.8) is 0 Å². The van der Waals surface area contributed by atoms with Gasteiger partial charge in [-0.15, -0.1) is 0 Å². The Morgan fingerprint density at radius 2 is 1.87 bits per heavy atom. The third kappa shape index (κ3) is 5.43. The van der Waals surface area contributed by atoms with Gasteiger partial charge in [0.15, 0.2) is 0 Å². The molecule has 0 N–H and O–H groups in total. The second kappa shape index (κ2) is 11.2. The van der Waals surface area contributed by atoms with Crippen molar-refractivity contribution in [3.8, 4) is 5.75 Å². The molecule has 38 heavy (non-hydrogen) atoms. The third-order valence-electron chi connectivity index (χ3n) is 11.5. The average molecular weight is 541 g/mol. The minimum Gasteiger partial charge on any atom is -0.430 e. The topological polar surface area (TPSA) is 35.5 Å². The van der Waals surface area contributed by atoms with Crippen molar-refractivity contribution in [3.05, 3.63) is 40.9 Å². The van der Waals surface area contributed by atoms with Gasteiger partial charge >= 0.3 is 6.16 Å². The van der Waals surface area contributed by atoms with Crippen LogP contribution in [-0.2, 0) is 4.74 Å². The predicted molar refractivity (Wildman–Crippen MR) is 155 cm³/mol. The highest BCUT2D eigenvalue weighted by atomic mass is 35.5. The van der Waals surface area contributed by atoms with Crippen LogP contribution in [0.4, 0.5) is 4.79 Å². The highest BCUT2D eigenvalue weighted by Gasteiger charge is 2.59. The molecule has 0 amide bonds. The summed E-state index contributed by atoms with van der Waals surface area (Å²) in [5, 5.41) is 0.545. The Kier molecular flexibility index (Phi) is 8.26. The van der Waals surface area contributed by atoms with Crippen LogP contribution in [0.15, 0.2) is 35.9 Å². The molecular formula is C34H49ClO3. The van der Waals surface area contributed by atoms with Gasteiger partial charge in [0.05, 0.1) is 0 Å². The van der Waals surface area contributed by atoms with Gasteiger partial charge < -0.3 is 9.47 Å². The van der Waals surface area contributed by atoms with E-state index in [2.05, 4.69) is 40.7 Å².